The molecule has 0 amide bonds. The fourth-order valence-electron chi connectivity index (χ4n) is 2.38. The van der Waals surface area contributed by atoms with Crippen LogP contribution in [0.25, 0.3) is 11.0 Å². The van der Waals surface area contributed by atoms with Gasteiger partial charge in [0.2, 0.25) is 0 Å². The molecule has 0 atom stereocenters. The molecule has 2 aromatic carbocycles. The van der Waals surface area contributed by atoms with Crippen molar-refractivity contribution in [1.29, 1.82) is 0 Å². The van der Waals surface area contributed by atoms with Gasteiger partial charge >= 0.3 is 11.6 Å². The highest BCUT2D eigenvalue weighted by Gasteiger charge is 2.09. The molecule has 0 bridgehead atoms. The van der Waals surface area contributed by atoms with Crippen molar-refractivity contribution in [2.45, 2.75) is 13.5 Å². The van der Waals surface area contributed by atoms with Gasteiger partial charge in [-0.05, 0) is 36.8 Å². The number of fused-ring (bicyclic) bond motifs is 1. The molecule has 0 aliphatic rings. The number of rotatable bonds is 5. The summed E-state index contributed by atoms with van der Waals surface area (Å²) in [6.07, 6.45) is 0. The number of ether oxygens (including phenoxy) is 2. The number of hydrogen-bond donors (Lipinski definition) is 0. The van der Waals surface area contributed by atoms with Gasteiger partial charge in [-0.25, -0.2) is 14.0 Å². The lowest BCUT2D eigenvalue weighted by atomic mass is 10.1. The van der Waals surface area contributed by atoms with E-state index < -0.39 is 17.4 Å². The Balaban J connectivity index is 1.60. The van der Waals surface area contributed by atoms with Crippen LogP contribution in [-0.2, 0) is 16.1 Å². The Kier molecular flexibility index (Phi) is 5.23. The normalized spacial score (nSPS) is 10.7. The Labute approximate surface area is 152 Å². The summed E-state index contributed by atoms with van der Waals surface area (Å²) in [6.45, 7) is 1.38. The zero-order valence-electron chi connectivity index (χ0n) is 13.8. The molecule has 134 valence electrons. The molecule has 0 radical (unpaired) electrons. The molecule has 0 saturated carbocycles. The van der Waals surface area contributed by atoms with Gasteiger partial charge in [-0.15, -0.1) is 0 Å². The van der Waals surface area contributed by atoms with Crippen molar-refractivity contribution < 1.29 is 23.1 Å². The molecule has 7 heteroatoms. The van der Waals surface area contributed by atoms with Crippen LogP contribution in [0.3, 0.4) is 0 Å². The number of aryl methyl sites for hydroxylation is 1. The molecule has 1 heterocycles. The van der Waals surface area contributed by atoms with Crippen LogP contribution >= 0.6 is 11.6 Å². The summed E-state index contributed by atoms with van der Waals surface area (Å²) in [4.78, 5) is 23.2. The number of carbonyl (C=O) groups excluding carboxylic acids is 1. The summed E-state index contributed by atoms with van der Waals surface area (Å²) < 4.78 is 28.5. The van der Waals surface area contributed by atoms with Crippen molar-refractivity contribution in [1.82, 2.24) is 0 Å². The predicted octanol–water partition coefficient (Wildman–Crippen LogP) is 4.02. The average molecular weight is 377 g/mol. The SMILES string of the molecule is Cc1cc(=O)oc2cc(OCC(=O)OCc3ccc(F)cc3Cl)ccc12. The van der Waals surface area contributed by atoms with Gasteiger partial charge in [-0.2, -0.15) is 0 Å². The molecule has 3 aromatic rings. The highest BCUT2D eigenvalue weighted by atomic mass is 35.5. The van der Waals surface area contributed by atoms with Crippen LogP contribution in [0.4, 0.5) is 4.39 Å². The summed E-state index contributed by atoms with van der Waals surface area (Å²) in [7, 11) is 0. The van der Waals surface area contributed by atoms with Crippen molar-refractivity contribution in [3.63, 3.8) is 0 Å². The fraction of sp³-hybridized carbons (Fsp3) is 0.158. The van der Waals surface area contributed by atoms with Gasteiger partial charge in [0.05, 0.1) is 5.02 Å². The maximum Gasteiger partial charge on any atom is 0.344 e. The van der Waals surface area contributed by atoms with Crippen LogP contribution in [0.15, 0.2) is 51.7 Å². The van der Waals surface area contributed by atoms with E-state index in [0.29, 0.717) is 16.9 Å². The predicted molar refractivity (Wildman–Crippen MR) is 93.9 cm³/mol. The first-order valence-corrected chi connectivity index (χ1v) is 8.07. The van der Waals surface area contributed by atoms with Gasteiger partial charge in [0, 0.05) is 23.1 Å². The molecule has 5 nitrogen and oxygen atoms in total. The second-order valence-electron chi connectivity index (χ2n) is 5.59. The third-order valence-corrected chi connectivity index (χ3v) is 4.04. The molecule has 0 fully saturated rings. The smallest absolute Gasteiger partial charge is 0.344 e. The lowest BCUT2D eigenvalue weighted by Crippen LogP contribution is -2.15. The number of carbonyl (C=O) groups is 1. The van der Waals surface area contributed by atoms with Crippen LogP contribution in [-0.4, -0.2) is 12.6 Å². The van der Waals surface area contributed by atoms with E-state index in [1.807, 2.05) is 0 Å². The van der Waals surface area contributed by atoms with Gasteiger partial charge in [-0.3, -0.25) is 0 Å². The lowest BCUT2D eigenvalue weighted by Gasteiger charge is -2.09. The highest BCUT2D eigenvalue weighted by molar-refractivity contribution is 6.31. The van der Waals surface area contributed by atoms with E-state index in [0.717, 1.165) is 17.0 Å². The van der Waals surface area contributed by atoms with Crippen LogP contribution in [0.5, 0.6) is 5.75 Å². The number of esters is 1. The molecular formula is C19H14ClFO5. The maximum absolute atomic E-state index is 13.0. The summed E-state index contributed by atoms with van der Waals surface area (Å²) >= 11 is 5.87. The van der Waals surface area contributed by atoms with Crippen molar-refractivity contribution in [3.05, 3.63) is 74.9 Å². The average Bonchev–Trinajstić information content (AvgIpc) is 2.58. The first-order chi connectivity index (χ1) is 12.4. The fourth-order valence-corrected chi connectivity index (χ4v) is 2.60. The zero-order chi connectivity index (χ0) is 18.7. The Morgan fingerprint density at radius 3 is 2.77 bits per heavy atom. The Morgan fingerprint density at radius 2 is 2.00 bits per heavy atom. The number of benzene rings is 2. The Morgan fingerprint density at radius 1 is 1.19 bits per heavy atom. The molecule has 0 unspecified atom stereocenters. The first kappa shape index (κ1) is 17.9. The monoisotopic (exact) mass is 376 g/mol. The largest absolute Gasteiger partial charge is 0.482 e. The summed E-state index contributed by atoms with van der Waals surface area (Å²) in [6, 6.07) is 10.2. The van der Waals surface area contributed by atoms with Gasteiger partial charge in [0.15, 0.2) is 6.61 Å². The maximum atomic E-state index is 13.0. The van der Waals surface area contributed by atoms with Gasteiger partial charge in [0.1, 0.15) is 23.8 Å². The molecule has 26 heavy (non-hydrogen) atoms. The van der Waals surface area contributed by atoms with E-state index in [1.54, 1.807) is 19.1 Å². The minimum atomic E-state index is -0.615. The van der Waals surface area contributed by atoms with Crippen molar-refractivity contribution >= 4 is 28.5 Å². The molecule has 3 rings (SSSR count). The molecular weight excluding hydrogens is 363 g/mol. The second kappa shape index (κ2) is 7.58. The number of hydrogen-bond acceptors (Lipinski definition) is 5. The molecule has 0 N–H and O–H groups in total. The van der Waals surface area contributed by atoms with E-state index in [-0.39, 0.29) is 18.2 Å². The summed E-state index contributed by atoms with van der Waals surface area (Å²) in [5, 5.41) is 0.962. The summed E-state index contributed by atoms with van der Waals surface area (Å²) in [5.74, 6) is -0.717. The van der Waals surface area contributed by atoms with Gasteiger partial charge in [-0.1, -0.05) is 17.7 Å². The van der Waals surface area contributed by atoms with Crippen LogP contribution < -0.4 is 10.4 Å². The van der Waals surface area contributed by atoms with Crippen LogP contribution in [0, 0.1) is 12.7 Å². The van der Waals surface area contributed by atoms with E-state index >= 15 is 0 Å². The standard InChI is InChI=1S/C19H14ClFO5/c1-11-6-18(22)26-17-8-14(4-5-15(11)17)24-10-19(23)25-9-12-2-3-13(21)7-16(12)20/h2-8H,9-10H2,1H3. The lowest BCUT2D eigenvalue weighted by molar-refractivity contribution is -0.147. The van der Waals surface area contributed by atoms with E-state index in [9.17, 15) is 14.0 Å². The van der Waals surface area contributed by atoms with Crippen molar-refractivity contribution in [3.8, 4) is 5.75 Å². The second-order valence-corrected chi connectivity index (χ2v) is 6.00. The molecule has 0 saturated heterocycles. The van der Waals surface area contributed by atoms with Gasteiger partial charge < -0.3 is 13.9 Å². The molecule has 0 spiro atoms. The van der Waals surface area contributed by atoms with E-state index in [1.165, 1.54) is 24.3 Å². The minimum absolute atomic E-state index is 0.0902. The van der Waals surface area contributed by atoms with E-state index in [4.69, 9.17) is 25.5 Å². The number of halogens is 2. The van der Waals surface area contributed by atoms with Crippen molar-refractivity contribution in [2.24, 2.45) is 0 Å². The van der Waals surface area contributed by atoms with Crippen molar-refractivity contribution in [2.75, 3.05) is 6.61 Å². The quantitative estimate of drug-likeness (QED) is 0.497. The van der Waals surface area contributed by atoms with E-state index in [2.05, 4.69) is 0 Å². The zero-order valence-corrected chi connectivity index (χ0v) is 14.5. The Hall–Kier alpha value is -2.86. The third-order valence-electron chi connectivity index (χ3n) is 3.68. The topological polar surface area (TPSA) is 65.7 Å². The van der Waals surface area contributed by atoms with Crippen LogP contribution in [0.2, 0.25) is 5.02 Å². The van der Waals surface area contributed by atoms with Crippen LogP contribution in [0.1, 0.15) is 11.1 Å². The Bertz CT molecular complexity index is 1030. The molecule has 0 aliphatic heterocycles. The summed E-state index contributed by atoms with van der Waals surface area (Å²) in [5.41, 5.74) is 1.20. The highest BCUT2D eigenvalue weighted by Crippen LogP contribution is 2.22. The first-order valence-electron chi connectivity index (χ1n) is 7.69. The van der Waals surface area contributed by atoms with Gasteiger partial charge in [0.25, 0.3) is 0 Å². The third kappa shape index (κ3) is 4.21. The molecule has 0 aliphatic carbocycles. The molecule has 1 aromatic heterocycles. The minimum Gasteiger partial charge on any atom is -0.482 e.